The minimum Gasteiger partial charge on any atom is -0.493 e. The lowest BCUT2D eigenvalue weighted by Crippen LogP contribution is -2.13. The van der Waals surface area contributed by atoms with Crippen molar-refractivity contribution in [2.24, 2.45) is 5.14 Å². The van der Waals surface area contributed by atoms with Gasteiger partial charge in [-0.05, 0) is 54.0 Å². The number of primary sulfonamides is 1. The molecule has 0 aromatic heterocycles. The molecule has 2 N–H and O–H groups in total. The molecule has 4 nitrogen and oxygen atoms in total. The van der Waals surface area contributed by atoms with Crippen LogP contribution in [0.3, 0.4) is 0 Å². The van der Waals surface area contributed by atoms with Crippen molar-refractivity contribution in [3.63, 3.8) is 0 Å². The van der Waals surface area contributed by atoms with Gasteiger partial charge in [-0.25, -0.2) is 17.9 Å². The fourth-order valence-corrected chi connectivity index (χ4v) is 4.55. The average Bonchev–Trinajstić information content (AvgIpc) is 3.16. The molecule has 0 heterocycles. The number of hydrogen-bond donors (Lipinski definition) is 1. The van der Waals surface area contributed by atoms with Crippen molar-refractivity contribution < 1.29 is 17.5 Å². The molecule has 0 radical (unpaired) electrons. The van der Waals surface area contributed by atoms with Crippen molar-refractivity contribution in [3.8, 4) is 5.75 Å². The summed E-state index contributed by atoms with van der Waals surface area (Å²) in [5.74, 6) is 0.392. The number of allylic oxidation sites excluding steroid dienone is 4. The third kappa shape index (κ3) is 4.82. The van der Waals surface area contributed by atoms with E-state index in [1.807, 2.05) is 49.4 Å². The van der Waals surface area contributed by atoms with Gasteiger partial charge in [0, 0.05) is 17.9 Å². The minimum atomic E-state index is -3.79. The Morgan fingerprint density at radius 1 is 0.969 bits per heavy atom. The summed E-state index contributed by atoms with van der Waals surface area (Å²) in [5.41, 5.74) is 4.94. The van der Waals surface area contributed by atoms with Crippen molar-refractivity contribution >= 4 is 15.6 Å². The zero-order valence-corrected chi connectivity index (χ0v) is 18.5. The first-order valence-electron chi connectivity index (χ1n) is 10.3. The molecule has 1 unspecified atom stereocenters. The maximum atomic E-state index is 13.1. The predicted molar refractivity (Wildman–Crippen MR) is 124 cm³/mol. The van der Waals surface area contributed by atoms with Crippen LogP contribution in [-0.4, -0.2) is 15.0 Å². The SMILES string of the molecule is CC1=CC=C(c2ccccc2OCCc2ccc(F)cc2)C1c1cccc(S(N)(=O)=O)c1. The van der Waals surface area contributed by atoms with Gasteiger partial charge in [-0.1, -0.05) is 60.2 Å². The van der Waals surface area contributed by atoms with E-state index in [-0.39, 0.29) is 16.6 Å². The van der Waals surface area contributed by atoms with Crippen LogP contribution in [0.5, 0.6) is 5.75 Å². The van der Waals surface area contributed by atoms with Crippen LogP contribution in [0.4, 0.5) is 4.39 Å². The second kappa shape index (κ2) is 9.10. The van der Waals surface area contributed by atoms with E-state index in [1.165, 1.54) is 18.2 Å². The first-order valence-corrected chi connectivity index (χ1v) is 11.9. The molecular formula is C26H24FNO3S. The fraction of sp³-hybridized carbons (Fsp3) is 0.154. The molecule has 0 aliphatic heterocycles. The van der Waals surface area contributed by atoms with Crippen molar-refractivity contribution in [2.75, 3.05) is 6.61 Å². The molecule has 3 aromatic carbocycles. The van der Waals surface area contributed by atoms with Crippen LogP contribution in [0.1, 0.15) is 29.5 Å². The molecule has 0 fully saturated rings. The van der Waals surface area contributed by atoms with Gasteiger partial charge >= 0.3 is 0 Å². The largest absolute Gasteiger partial charge is 0.493 e. The summed E-state index contributed by atoms with van der Waals surface area (Å²) in [4.78, 5) is 0.0953. The normalized spacial score (nSPS) is 15.9. The average molecular weight is 450 g/mol. The van der Waals surface area contributed by atoms with E-state index in [0.717, 1.165) is 33.6 Å². The zero-order chi connectivity index (χ0) is 22.7. The molecule has 4 rings (SSSR count). The lowest BCUT2D eigenvalue weighted by molar-refractivity contribution is 0.321. The lowest BCUT2D eigenvalue weighted by Gasteiger charge is -2.21. The van der Waals surface area contributed by atoms with Crippen LogP contribution >= 0.6 is 0 Å². The maximum absolute atomic E-state index is 13.1. The van der Waals surface area contributed by atoms with Crippen LogP contribution in [0.25, 0.3) is 5.57 Å². The molecule has 32 heavy (non-hydrogen) atoms. The van der Waals surface area contributed by atoms with E-state index in [1.54, 1.807) is 24.3 Å². The van der Waals surface area contributed by atoms with E-state index in [9.17, 15) is 12.8 Å². The number of hydrogen-bond acceptors (Lipinski definition) is 3. The third-order valence-corrected chi connectivity index (χ3v) is 6.48. The van der Waals surface area contributed by atoms with Crippen LogP contribution < -0.4 is 9.88 Å². The van der Waals surface area contributed by atoms with Gasteiger partial charge in [-0.15, -0.1) is 0 Å². The summed E-state index contributed by atoms with van der Waals surface area (Å²) in [7, 11) is -3.79. The summed E-state index contributed by atoms with van der Waals surface area (Å²) in [6.45, 7) is 2.48. The highest BCUT2D eigenvalue weighted by atomic mass is 32.2. The van der Waals surface area contributed by atoms with Crippen LogP contribution in [0, 0.1) is 5.82 Å². The van der Waals surface area contributed by atoms with E-state index in [2.05, 4.69) is 0 Å². The Labute approximate surface area is 187 Å². The lowest BCUT2D eigenvalue weighted by atomic mass is 9.85. The van der Waals surface area contributed by atoms with Gasteiger partial charge in [0.2, 0.25) is 10.0 Å². The molecule has 0 spiro atoms. The second-order valence-electron chi connectivity index (χ2n) is 7.80. The summed E-state index contributed by atoms with van der Waals surface area (Å²) in [6, 6.07) is 21.0. The first-order chi connectivity index (χ1) is 15.3. The Balaban J connectivity index is 1.59. The number of ether oxygens (including phenoxy) is 1. The quantitative estimate of drug-likeness (QED) is 0.538. The van der Waals surface area contributed by atoms with Crippen molar-refractivity contribution in [3.05, 3.63) is 113 Å². The molecular weight excluding hydrogens is 425 g/mol. The van der Waals surface area contributed by atoms with Gasteiger partial charge in [0.25, 0.3) is 0 Å². The molecule has 0 bridgehead atoms. The Hall–Kier alpha value is -3.22. The molecule has 0 saturated carbocycles. The van der Waals surface area contributed by atoms with Crippen LogP contribution in [0.15, 0.2) is 95.4 Å². The molecule has 3 aromatic rings. The van der Waals surface area contributed by atoms with Gasteiger partial charge in [0.05, 0.1) is 11.5 Å². The Morgan fingerprint density at radius 3 is 2.47 bits per heavy atom. The topological polar surface area (TPSA) is 69.4 Å². The van der Waals surface area contributed by atoms with Crippen molar-refractivity contribution in [1.29, 1.82) is 0 Å². The number of para-hydroxylation sites is 1. The smallest absolute Gasteiger partial charge is 0.238 e. The van der Waals surface area contributed by atoms with Gasteiger partial charge in [-0.2, -0.15) is 0 Å². The van der Waals surface area contributed by atoms with Crippen molar-refractivity contribution in [2.45, 2.75) is 24.2 Å². The fourth-order valence-electron chi connectivity index (χ4n) is 3.98. The number of halogens is 1. The van der Waals surface area contributed by atoms with Crippen molar-refractivity contribution in [1.82, 2.24) is 0 Å². The van der Waals surface area contributed by atoms with E-state index < -0.39 is 10.0 Å². The Morgan fingerprint density at radius 2 is 1.72 bits per heavy atom. The summed E-state index contributed by atoms with van der Waals surface area (Å²) in [5, 5.41) is 5.34. The standard InChI is InChI=1S/C26H24FNO3S/c1-18-9-14-24(26(18)20-5-4-6-22(17-20)32(28,29)30)23-7-2-3-8-25(23)31-16-15-19-10-12-21(27)13-11-19/h2-14,17,26H,15-16H2,1H3,(H2,28,29,30). The highest BCUT2D eigenvalue weighted by Crippen LogP contribution is 2.44. The minimum absolute atomic E-state index is 0.0953. The highest BCUT2D eigenvalue weighted by Gasteiger charge is 2.26. The van der Waals surface area contributed by atoms with Gasteiger partial charge in [0.1, 0.15) is 11.6 Å². The number of nitrogens with two attached hydrogens (primary N) is 1. The highest BCUT2D eigenvalue weighted by molar-refractivity contribution is 7.89. The molecule has 0 amide bonds. The number of sulfonamides is 1. The Bertz CT molecular complexity index is 1290. The first kappa shape index (κ1) is 22.0. The van der Waals surface area contributed by atoms with E-state index in [0.29, 0.717) is 13.0 Å². The summed E-state index contributed by atoms with van der Waals surface area (Å²) < 4.78 is 42.9. The monoisotopic (exact) mass is 449 g/mol. The molecule has 164 valence electrons. The summed E-state index contributed by atoms with van der Waals surface area (Å²) >= 11 is 0. The molecule has 6 heteroatoms. The maximum Gasteiger partial charge on any atom is 0.238 e. The van der Waals surface area contributed by atoms with E-state index >= 15 is 0 Å². The van der Waals surface area contributed by atoms with Crippen LogP contribution in [-0.2, 0) is 16.4 Å². The summed E-state index contributed by atoms with van der Waals surface area (Å²) in [6.07, 6.45) is 4.75. The third-order valence-electron chi connectivity index (χ3n) is 5.57. The number of benzene rings is 3. The number of rotatable bonds is 7. The Kier molecular flexibility index (Phi) is 6.26. The van der Waals surface area contributed by atoms with Gasteiger partial charge in [-0.3, -0.25) is 0 Å². The molecule has 1 atom stereocenters. The second-order valence-corrected chi connectivity index (χ2v) is 9.37. The van der Waals surface area contributed by atoms with E-state index in [4.69, 9.17) is 9.88 Å². The van der Waals surface area contributed by atoms with Crippen LogP contribution in [0.2, 0.25) is 0 Å². The van der Waals surface area contributed by atoms with Gasteiger partial charge < -0.3 is 4.74 Å². The molecule has 1 aliphatic carbocycles. The van der Waals surface area contributed by atoms with Gasteiger partial charge in [0.15, 0.2) is 0 Å². The molecule has 1 aliphatic rings. The predicted octanol–water partition coefficient (Wildman–Crippen LogP) is 5.22. The zero-order valence-electron chi connectivity index (χ0n) is 17.7. The molecule has 0 saturated heterocycles.